The van der Waals surface area contributed by atoms with Gasteiger partial charge in [0.05, 0.1) is 22.4 Å². The van der Waals surface area contributed by atoms with E-state index in [1.807, 2.05) is 4.57 Å². The van der Waals surface area contributed by atoms with Gasteiger partial charge < -0.3 is 15.0 Å². The number of fused-ring (bicyclic) bond motifs is 1. The number of hydrogen-bond donors (Lipinski definition) is 2. The molecule has 0 saturated heterocycles. The van der Waals surface area contributed by atoms with Gasteiger partial charge in [-0.05, 0) is 54.1 Å². The van der Waals surface area contributed by atoms with Gasteiger partial charge in [0, 0.05) is 46.4 Å². The van der Waals surface area contributed by atoms with E-state index in [1.54, 1.807) is 48.5 Å². The molecule has 0 unspecified atom stereocenters. The lowest BCUT2D eigenvalue weighted by molar-refractivity contribution is -0.384. The van der Waals surface area contributed by atoms with Crippen molar-refractivity contribution in [3.05, 3.63) is 92.0 Å². The number of amides is 1. The van der Waals surface area contributed by atoms with E-state index in [-0.39, 0.29) is 18.7 Å². The minimum Gasteiger partial charge on any atom is -0.481 e. The molecule has 1 amide bonds. The maximum absolute atomic E-state index is 12.5. The highest BCUT2D eigenvalue weighted by molar-refractivity contribution is 6.34. The van der Waals surface area contributed by atoms with E-state index in [1.165, 1.54) is 12.1 Å². The summed E-state index contributed by atoms with van der Waals surface area (Å²) in [4.78, 5) is 38.5. The lowest BCUT2D eigenvalue weighted by atomic mass is 10.1. The average molecular weight is 513 g/mol. The number of nitrogens with one attached hydrogen (secondary N) is 1. The second-order valence-corrected chi connectivity index (χ2v) is 8.58. The van der Waals surface area contributed by atoms with Crippen LogP contribution in [0.2, 0.25) is 10.0 Å². The van der Waals surface area contributed by atoms with Crippen molar-refractivity contribution in [2.75, 3.05) is 6.54 Å². The number of benzene rings is 3. The number of nitro groups is 1. The average Bonchev–Trinajstić information content (AvgIpc) is 3.15. The van der Waals surface area contributed by atoms with Crippen molar-refractivity contribution in [2.45, 2.75) is 13.0 Å². The zero-order valence-corrected chi connectivity index (χ0v) is 19.6. The molecular weight excluding hydrogens is 495 g/mol. The van der Waals surface area contributed by atoms with Crippen LogP contribution in [0.15, 0.2) is 60.7 Å². The van der Waals surface area contributed by atoms with E-state index < -0.39 is 16.8 Å². The molecule has 0 bridgehead atoms. The van der Waals surface area contributed by atoms with Gasteiger partial charge in [-0.15, -0.1) is 0 Å². The standard InChI is InChI=1S/C24H18Cl2N4O5/c25-17-9-14(10-18(26)12-17)13-29-21-6-3-16(24(33)27-8-7-22(31)32)11-20(21)28-23(29)15-1-4-19(5-2-15)30(34)35/h1-6,9-12H,7-8,13H2,(H,27,33)(H,31,32). The maximum atomic E-state index is 12.5. The van der Waals surface area contributed by atoms with Crippen LogP contribution < -0.4 is 5.32 Å². The van der Waals surface area contributed by atoms with E-state index in [0.29, 0.717) is 39.1 Å². The summed E-state index contributed by atoms with van der Waals surface area (Å²) in [6.07, 6.45) is -0.185. The summed E-state index contributed by atoms with van der Waals surface area (Å²) in [5, 5.41) is 23.4. The van der Waals surface area contributed by atoms with Gasteiger partial charge >= 0.3 is 5.97 Å². The van der Waals surface area contributed by atoms with Gasteiger partial charge in [-0.2, -0.15) is 0 Å². The van der Waals surface area contributed by atoms with E-state index in [4.69, 9.17) is 33.3 Å². The summed E-state index contributed by atoms with van der Waals surface area (Å²) in [5.74, 6) is -0.885. The third kappa shape index (κ3) is 5.59. The van der Waals surface area contributed by atoms with Crippen LogP contribution >= 0.6 is 23.2 Å². The Hall–Kier alpha value is -3.95. The van der Waals surface area contributed by atoms with Crippen molar-refractivity contribution in [2.24, 2.45) is 0 Å². The van der Waals surface area contributed by atoms with Gasteiger partial charge in [0.2, 0.25) is 0 Å². The number of nitro benzene ring substituents is 1. The van der Waals surface area contributed by atoms with Gasteiger partial charge in [0.1, 0.15) is 5.82 Å². The zero-order valence-electron chi connectivity index (χ0n) is 18.1. The Labute approximate surface area is 209 Å². The minimum absolute atomic E-state index is 0.00418. The number of nitrogens with zero attached hydrogens (tertiary/aromatic N) is 3. The number of carboxylic acids is 1. The summed E-state index contributed by atoms with van der Waals surface area (Å²) < 4.78 is 1.91. The molecule has 0 saturated carbocycles. The summed E-state index contributed by atoms with van der Waals surface area (Å²) in [6, 6.07) is 16.2. The first-order valence-electron chi connectivity index (χ1n) is 10.4. The number of non-ortho nitro benzene ring substituents is 1. The largest absolute Gasteiger partial charge is 0.481 e. The lowest BCUT2D eigenvalue weighted by Gasteiger charge is -2.11. The molecule has 0 aliphatic carbocycles. The van der Waals surface area contributed by atoms with Crippen LogP contribution in [0.4, 0.5) is 5.69 Å². The highest BCUT2D eigenvalue weighted by Crippen LogP contribution is 2.29. The predicted octanol–water partition coefficient (Wildman–Crippen LogP) is 5.17. The second-order valence-electron chi connectivity index (χ2n) is 7.71. The van der Waals surface area contributed by atoms with E-state index >= 15 is 0 Å². The highest BCUT2D eigenvalue weighted by Gasteiger charge is 2.17. The fraction of sp³-hybridized carbons (Fsp3) is 0.125. The van der Waals surface area contributed by atoms with Gasteiger partial charge in [0.15, 0.2) is 0 Å². The van der Waals surface area contributed by atoms with Gasteiger partial charge in [-0.25, -0.2) is 4.98 Å². The van der Waals surface area contributed by atoms with Gasteiger partial charge in [0.25, 0.3) is 11.6 Å². The zero-order chi connectivity index (χ0) is 25.1. The first-order valence-corrected chi connectivity index (χ1v) is 11.2. The molecule has 0 aliphatic heterocycles. The summed E-state index contributed by atoms with van der Waals surface area (Å²) >= 11 is 12.3. The first kappa shape index (κ1) is 24.2. The Morgan fingerprint density at radius 3 is 2.34 bits per heavy atom. The minimum atomic E-state index is -1.01. The van der Waals surface area contributed by atoms with E-state index in [2.05, 4.69) is 5.32 Å². The van der Waals surface area contributed by atoms with Crippen molar-refractivity contribution in [3.8, 4) is 11.4 Å². The molecule has 0 spiro atoms. The van der Waals surface area contributed by atoms with Crippen LogP contribution in [0.1, 0.15) is 22.3 Å². The second kappa shape index (κ2) is 10.1. The number of carbonyl (C=O) groups is 2. The first-order chi connectivity index (χ1) is 16.7. The maximum Gasteiger partial charge on any atom is 0.305 e. The molecular formula is C24H18Cl2N4O5. The topological polar surface area (TPSA) is 127 Å². The van der Waals surface area contributed by atoms with Crippen LogP contribution in [-0.2, 0) is 11.3 Å². The number of carbonyl (C=O) groups excluding carboxylic acids is 1. The van der Waals surface area contributed by atoms with Crippen LogP contribution in [0, 0.1) is 10.1 Å². The molecule has 178 valence electrons. The van der Waals surface area contributed by atoms with Crippen LogP contribution in [0.3, 0.4) is 0 Å². The van der Waals surface area contributed by atoms with Crippen molar-refractivity contribution in [1.82, 2.24) is 14.9 Å². The number of carboxylic acid groups (broad SMARTS) is 1. The van der Waals surface area contributed by atoms with Gasteiger partial charge in [-0.1, -0.05) is 23.2 Å². The predicted molar refractivity (Wildman–Crippen MR) is 132 cm³/mol. The number of aromatic nitrogens is 2. The molecule has 0 aliphatic rings. The molecule has 3 aromatic carbocycles. The number of hydrogen-bond acceptors (Lipinski definition) is 5. The van der Waals surface area contributed by atoms with Crippen molar-refractivity contribution in [3.63, 3.8) is 0 Å². The summed E-state index contributed by atoms with van der Waals surface area (Å²) in [6.45, 7) is 0.359. The third-order valence-corrected chi connectivity index (χ3v) is 5.67. The fourth-order valence-electron chi connectivity index (χ4n) is 3.65. The molecule has 1 aromatic heterocycles. The Bertz CT molecular complexity index is 1430. The quantitative estimate of drug-likeness (QED) is 0.247. The Kier molecular flexibility index (Phi) is 6.99. The highest BCUT2D eigenvalue weighted by atomic mass is 35.5. The van der Waals surface area contributed by atoms with Crippen molar-refractivity contribution >= 4 is 51.8 Å². The fourth-order valence-corrected chi connectivity index (χ4v) is 4.22. The van der Waals surface area contributed by atoms with Gasteiger partial charge in [-0.3, -0.25) is 19.7 Å². The van der Waals surface area contributed by atoms with Crippen molar-refractivity contribution in [1.29, 1.82) is 0 Å². The molecule has 11 heteroatoms. The summed E-state index contributed by atoms with van der Waals surface area (Å²) in [5.41, 5.74) is 2.99. The Morgan fingerprint density at radius 2 is 1.71 bits per heavy atom. The molecule has 9 nitrogen and oxygen atoms in total. The number of rotatable bonds is 8. The number of aliphatic carboxylic acids is 1. The van der Waals surface area contributed by atoms with E-state index in [0.717, 1.165) is 11.1 Å². The molecule has 1 heterocycles. The molecule has 0 atom stereocenters. The summed E-state index contributed by atoms with van der Waals surface area (Å²) in [7, 11) is 0. The molecule has 2 N–H and O–H groups in total. The van der Waals surface area contributed by atoms with Crippen LogP contribution in [0.5, 0.6) is 0 Å². The number of imidazole rings is 1. The van der Waals surface area contributed by atoms with Crippen molar-refractivity contribution < 1.29 is 19.6 Å². The number of halogens is 2. The molecule has 4 aromatic rings. The van der Waals surface area contributed by atoms with Crippen LogP contribution in [0.25, 0.3) is 22.4 Å². The Balaban J connectivity index is 1.77. The molecule has 35 heavy (non-hydrogen) atoms. The Morgan fingerprint density at radius 1 is 1.03 bits per heavy atom. The molecule has 4 rings (SSSR count). The SMILES string of the molecule is O=C(O)CCNC(=O)c1ccc2c(c1)nc(-c1ccc([N+](=O)[O-])cc1)n2Cc1cc(Cl)cc(Cl)c1. The van der Waals surface area contributed by atoms with Crippen LogP contribution in [-0.4, -0.2) is 38.0 Å². The van der Waals surface area contributed by atoms with E-state index in [9.17, 15) is 19.7 Å². The molecule has 0 radical (unpaired) electrons. The molecule has 0 fully saturated rings. The third-order valence-electron chi connectivity index (χ3n) is 5.23. The normalized spacial score (nSPS) is 10.9. The smallest absolute Gasteiger partial charge is 0.305 e. The lowest BCUT2D eigenvalue weighted by Crippen LogP contribution is -2.25. The monoisotopic (exact) mass is 512 g/mol.